The van der Waals surface area contributed by atoms with Crippen molar-refractivity contribution in [2.45, 2.75) is 81.6 Å². The maximum Gasteiger partial charge on any atom is 0.334 e. The van der Waals surface area contributed by atoms with Crippen LogP contribution in [0, 0.1) is 5.92 Å². The van der Waals surface area contributed by atoms with Gasteiger partial charge in [0.15, 0.2) is 6.10 Å². The van der Waals surface area contributed by atoms with Crippen LogP contribution in [0.4, 0.5) is 0 Å². The second-order valence-electron chi connectivity index (χ2n) is 13.1. The summed E-state index contributed by atoms with van der Waals surface area (Å²) in [4.78, 5) is 67.8. The van der Waals surface area contributed by atoms with Gasteiger partial charge in [0, 0.05) is 12.5 Å². The number of nitrogens with zero attached hydrogens (tertiary/aromatic N) is 1. The lowest BCUT2D eigenvalue weighted by molar-refractivity contribution is -0.160. The summed E-state index contributed by atoms with van der Waals surface area (Å²) in [5, 5.41) is 18.0. The number of amides is 4. The summed E-state index contributed by atoms with van der Waals surface area (Å²) in [6, 6.07) is 15.8. The first kappa shape index (κ1) is 36.5. The third-order valence-electron chi connectivity index (χ3n) is 8.84. The molecule has 1 saturated heterocycles. The van der Waals surface area contributed by atoms with E-state index in [-0.39, 0.29) is 57.3 Å². The number of ether oxygens (including phenoxy) is 1. The third kappa shape index (κ3) is 9.39. The Morgan fingerprint density at radius 2 is 1.65 bits per heavy atom. The van der Waals surface area contributed by atoms with Crippen molar-refractivity contribution in [3.8, 4) is 0 Å². The van der Waals surface area contributed by atoms with Crippen LogP contribution in [0.5, 0.6) is 0 Å². The van der Waals surface area contributed by atoms with Gasteiger partial charge in [0.2, 0.25) is 23.6 Å². The van der Waals surface area contributed by atoms with E-state index < -0.39 is 59.4 Å². The second kappa shape index (κ2) is 16.7. The smallest absolute Gasteiger partial charge is 0.334 e. The summed E-state index contributed by atoms with van der Waals surface area (Å²) in [6.07, 6.45) is 0.372. The van der Waals surface area contributed by atoms with E-state index in [1.54, 1.807) is 0 Å². The predicted octanol–water partition coefficient (Wildman–Crippen LogP) is 0.666. The fraction of sp³-hybridized carbons (Fsp3) is 0.514. The van der Waals surface area contributed by atoms with Crippen molar-refractivity contribution < 1.29 is 33.8 Å². The quantitative estimate of drug-likeness (QED) is 0.149. The van der Waals surface area contributed by atoms with E-state index in [9.17, 15) is 29.1 Å². The largest absolute Gasteiger partial charge is 0.479 e. The molecule has 2 fully saturated rings. The van der Waals surface area contributed by atoms with E-state index in [0.29, 0.717) is 12.8 Å². The SMILES string of the molecule is CC(C)C[C@@H](NC(=O)C1(NC(=O)[C@H](N)Cc2ccccc2)C[C@@H]1c1ccccc1)C(=O)N[C@H](CCCN)C(=O)N1CCOC(C(=O)O)C1. The highest BCUT2D eigenvalue weighted by Gasteiger charge is 2.62. The van der Waals surface area contributed by atoms with Crippen molar-refractivity contribution in [2.24, 2.45) is 17.4 Å². The van der Waals surface area contributed by atoms with Gasteiger partial charge in [0.1, 0.15) is 17.6 Å². The first-order valence-corrected chi connectivity index (χ1v) is 16.6. The molecule has 1 aliphatic carbocycles. The van der Waals surface area contributed by atoms with E-state index in [4.69, 9.17) is 16.2 Å². The Bertz CT molecular complexity index is 1430. The number of morpholine rings is 1. The summed E-state index contributed by atoms with van der Waals surface area (Å²) in [6.45, 7) is 4.19. The summed E-state index contributed by atoms with van der Waals surface area (Å²) < 4.78 is 5.25. The third-order valence-corrected chi connectivity index (χ3v) is 8.84. The maximum atomic E-state index is 14.2. The molecule has 0 bridgehead atoms. The zero-order valence-corrected chi connectivity index (χ0v) is 27.6. The Morgan fingerprint density at radius 1 is 0.979 bits per heavy atom. The molecule has 13 nitrogen and oxygen atoms in total. The van der Waals surface area contributed by atoms with Crippen LogP contribution in [0.3, 0.4) is 0 Å². The zero-order valence-electron chi connectivity index (χ0n) is 27.6. The zero-order chi connectivity index (χ0) is 34.8. The van der Waals surface area contributed by atoms with Gasteiger partial charge in [0.05, 0.1) is 19.2 Å². The van der Waals surface area contributed by atoms with Crippen molar-refractivity contribution in [1.82, 2.24) is 20.9 Å². The van der Waals surface area contributed by atoms with Crippen LogP contribution < -0.4 is 27.4 Å². The summed E-state index contributed by atoms with van der Waals surface area (Å²) >= 11 is 0. The predicted molar refractivity (Wildman–Crippen MR) is 178 cm³/mol. The molecule has 2 unspecified atom stereocenters. The van der Waals surface area contributed by atoms with Crippen LogP contribution in [0.1, 0.15) is 56.6 Å². The highest BCUT2D eigenvalue weighted by Crippen LogP contribution is 2.51. The van der Waals surface area contributed by atoms with Crippen molar-refractivity contribution >= 4 is 29.6 Å². The van der Waals surface area contributed by atoms with E-state index in [0.717, 1.165) is 11.1 Å². The number of hydrogen-bond acceptors (Lipinski definition) is 8. The van der Waals surface area contributed by atoms with Crippen LogP contribution in [-0.2, 0) is 35.1 Å². The van der Waals surface area contributed by atoms with Crippen molar-refractivity contribution in [1.29, 1.82) is 0 Å². The van der Waals surface area contributed by atoms with Gasteiger partial charge in [-0.3, -0.25) is 19.2 Å². The average molecular weight is 665 g/mol. The van der Waals surface area contributed by atoms with Crippen LogP contribution in [-0.4, -0.2) is 95.6 Å². The molecule has 6 atom stereocenters. The van der Waals surface area contributed by atoms with Crippen LogP contribution in [0.25, 0.3) is 0 Å². The normalized spacial score (nSPS) is 22.2. The number of nitrogens with two attached hydrogens (primary N) is 2. The average Bonchev–Trinajstić information content (AvgIpc) is 3.81. The number of aliphatic carboxylic acids is 1. The maximum absolute atomic E-state index is 14.2. The molecule has 1 heterocycles. The number of benzene rings is 2. The first-order chi connectivity index (χ1) is 22.9. The van der Waals surface area contributed by atoms with Gasteiger partial charge in [0.25, 0.3) is 0 Å². The van der Waals surface area contributed by atoms with E-state index in [1.807, 2.05) is 74.5 Å². The Balaban J connectivity index is 1.52. The van der Waals surface area contributed by atoms with Gasteiger partial charge in [-0.05, 0) is 55.7 Å². The van der Waals surface area contributed by atoms with Crippen LogP contribution >= 0.6 is 0 Å². The van der Waals surface area contributed by atoms with Crippen molar-refractivity contribution in [3.63, 3.8) is 0 Å². The number of carboxylic acid groups (broad SMARTS) is 1. The van der Waals surface area contributed by atoms with Crippen molar-refractivity contribution in [2.75, 3.05) is 26.2 Å². The minimum Gasteiger partial charge on any atom is -0.479 e. The highest BCUT2D eigenvalue weighted by atomic mass is 16.5. The minimum absolute atomic E-state index is 0.0104. The second-order valence-corrected chi connectivity index (χ2v) is 13.1. The first-order valence-electron chi connectivity index (χ1n) is 16.6. The number of carbonyl (C=O) groups excluding carboxylic acids is 4. The monoisotopic (exact) mass is 664 g/mol. The standard InChI is InChI=1S/C35H48N6O7/c1-22(2)18-28(31(43)38-27(14-9-15-36)32(44)41-16-17-48-29(21-41)33(45)46)39-34(47)35(20-25(35)24-12-7-4-8-13-24)40-30(42)26(37)19-23-10-5-3-6-11-23/h3-8,10-13,22,25-29H,9,14-21,36-37H2,1-2H3,(H,38,43)(H,39,47)(H,40,42)(H,45,46)/t25-,26-,27-,28-,29?,35?/m1/s1. The molecule has 0 spiro atoms. The minimum atomic E-state index is -1.32. The topological polar surface area (TPSA) is 206 Å². The summed E-state index contributed by atoms with van der Waals surface area (Å²) in [5.41, 5.74) is 12.5. The molecule has 8 N–H and O–H groups in total. The molecule has 4 amide bonds. The molecule has 1 saturated carbocycles. The highest BCUT2D eigenvalue weighted by molar-refractivity contribution is 6.00. The van der Waals surface area contributed by atoms with E-state index in [2.05, 4.69) is 16.0 Å². The Morgan fingerprint density at radius 3 is 2.27 bits per heavy atom. The molecular weight excluding hydrogens is 616 g/mol. The van der Waals surface area contributed by atoms with Gasteiger partial charge < -0.3 is 42.2 Å². The lowest BCUT2D eigenvalue weighted by Crippen LogP contribution is -2.60. The van der Waals surface area contributed by atoms with E-state index >= 15 is 0 Å². The molecule has 0 aromatic heterocycles. The number of rotatable bonds is 16. The molecule has 2 aliphatic rings. The molecule has 48 heavy (non-hydrogen) atoms. The fourth-order valence-electron chi connectivity index (χ4n) is 6.13. The molecule has 13 heteroatoms. The Labute approximate surface area is 281 Å². The lowest BCUT2D eigenvalue weighted by Gasteiger charge is -2.34. The molecule has 4 rings (SSSR count). The van der Waals surface area contributed by atoms with Gasteiger partial charge in [-0.25, -0.2) is 4.79 Å². The number of hydrogen-bond donors (Lipinski definition) is 6. The molecule has 1 aliphatic heterocycles. The van der Waals surface area contributed by atoms with Crippen LogP contribution in [0.15, 0.2) is 60.7 Å². The number of carboxylic acids is 1. The Kier molecular flexibility index (Phi) is 12.7. The summed E-state index contributed by atoms with van der Waals surface area (Å²) in [7, 11) is 0. The Hall–Kier alpha value is -4.33. The molecular formula is C35H48N6O7. The number of nitrogens with one attached hydrogen (secondary N) is 3. The van der Waals surface area contributed by atoms with Gasteiger partial charge in [-0.2, -0.15) is 0 Å². The van der Waals surface area contributed by atoms with Crippen LogP contribution in [0.2, 0.25) is 0 Å². The van der Waals surface area contributed by atoms with Gasteiger partial charge in [-0.1, -0.05) is 74.5 Å². The molecule has 2 aromatic carbocycles. The summed E-state index contributed by atoms with van der Waals surface area (Å²) in [5.74, 6) is -3.51. The molecule has 0 radical (unpaired) electrons. The van der Waals surface area contributed by atoms with Gasteiger partial charge >= 0.3 is 5.97 Å². The fourth-order valence-corrected chi connectivity index (χ4v) is 6.13. The van der Waals surface area contributed by atoms with Gasteiger partial charge in [-0.15, -0.1) is 0 Å². The van der Waals surface area contributed by atoms with Crippen molar-refractivity contribution in [3.05, 3.63) is 71.8 Å². The lowest BCUT2D eigenvalue weighted by atomic mass is 9.99. The molecule has 2 aromatic rings. The number of carbonyl (C=O) groups is 5. The molecule has 260 valence electrons. The van der Waals surface area contributed by atoms with E-state index in [1.165, 1.54) is 4.90 Å².